The van der Waals surface area contributed by atoms with Gasteiger partial charge >= 0.3 is 0 Å². The predicted octanol–water partition coefficient (Wildman–Crippen LogP) is 6.34. The summed E-state index contributed by atoms with van der Waals surface area (Å²) in [4.78, 5) is 9.19. The van der Waals surface area contributed by atoms with Gasteiger partial charge in [0.15, 0.2) is 11.6 Å². The van der Waals surface area contributed by atoms with E-state index in [9.17, 15) is 4.39 Å². The van der Waals surface area contributed by atoms with Crippen LogP contribution in [0, 0.1) is 12.2 Å². The molecule has 0 saturated carbocycles. The van der Waals surface area contributed by atoms with Gasteiger partial charge in [-0.1, -0.05) is 18.5 Å². The molecule has 7 heteroatoms. The Morgan fingerprint density at radius 1 is 1.25 bits per heavy atom. The highest BCUT2D eigenvalue weighted by molar-refractivity contribution is 7.21. The Morgan fingerprint density at radius 2 is 2.07 bits per heavy atom. The number of ether oxygens (including phenoxy) is 1. The number of pyridine rings is 1. The maximum absolute atomic E-state index is 14.4. The van der Waals surface area contributed by atoms with Crippen molar-refractivity contribution in [2.24, 2.45) is 0 Å². The van der Waals surface area contributed by atoms with Crippen molar-refractivity contribution in [3.63, 3.8) is 0 Å². The van der Waals surface area contributed by atoms with E-state index in [0.29, 0.717) is 10.5 Å². The molecule has 4 aromatic rings. The van der Waals surface area contributed by atoms with E-state index in [1.807, 2.05) is 45.5 Å². The van der Waals surface area contributed by atoms with Crippen LogP contribution in [0.15, 0.2) is 36.5 Å². The van der Waals surface area contributed by atoms with E-state index in [-0.39, 0.29) is 11.9 Å². The van der Waals surface area contributed by atoms with Crippen LogP contribution in [0.1, 0.15) is 13.8 Å². The summed E-state index contributed by atoms with van der Waals surface area (Å²) in [5.74, 6) is -0.202. The van der Waals surface area contributed by atoms with Crippen molar-refractivity contribution in [1.29, 1.82) is 0 Å². The van der Waals surface area contributed by atoms with Gasteiger partial charge in [-0.15, -0.1) is 11.3 Å². The summed E-state index contributed by atoms with van der Waals surface area (Å²) in [6, 6.07) is 8.81. The van der Waals surface area contributed by atoms with Gasteiger partial charge in [-0.3, -0.25) is 4.98 Å². The Labute approximate surface area is 171 Å². The standard InChI is InChI=1S/C21H18ClFN3OS/c1-4-11(2)27-18-9-19-17(8-16(18)23)26-21(28-19)15-7-13(22)5-12-6-14(24-3)10-25-20(12)15/h4-11,24H,1-3H3/t11-/m0/s1. The van der Waals surface area contributed by atoms with Gasteiger partial charge in [0.25, 0.3) is 0 Å². The maximum atomic E-state index is 14.4. The first-order chi connectivity index (χ1) is 13.5. The van der Waals surface area contributed by atoms with Crippen molar-refractivity contribution in [2.45, 2.75) is 20.0 Å². The van der Waals surface area contributed by atoms with Gasteiger partial charge in [-0.25, -0.2) is 9.37 Å². The fourth-order valence-electron chi connectivity index (χ4n) is 2.92. The van der Waals surface area contributed by atoms with Gasteiger partial charge in [-0.05, 0) is 31.5 Å². The summed E-state index contributed by atoms with van der Waals surface area (Å²) in [7, 11) is 1.84. The fourth-order valence-corrected chi connectivity index (χ4v) is 4.14. The molecule has 0 amide bonds. The predicted molar refractivity (Wildman–Crippen MR) is 115 cm³/mol. The molecular weight excluding hydrogens is 397 g/mol. The number of rotatable bonds is 5. The molecule has 0 aliphatic rings. The third-order valence-corrected chi connectivity index (χ3v) is 5.76. The van der Waals surface area contributed by atoms with Crippen LogP contribution in [0.25, 0.3) is 31.7 Å². The van der Waals surface area contributed by atoms with Crippen LogP contribution in [0.3, 0.4) is 0 Å². The highest BCUT2D eigenvalue weighted by atomic mass is 35.5. The maximum Gasteiger partial charge on any atom is 0.167 e. The minimum absolute atomic E-state index is 0.179. The minimum Gasteiger partial charge on any atom is -0.487 e. The first-order valence-electron chi connectivity index (χ1n) is 8.82. The molecule has 0 aliphatic carbocycles. The van der Waals surface area contributed by atoms with Gasteiger partial charge in [0.2, 0.25) is 0 Å². The number of nitrogens with zero attached hydrogens (tertiary/aromatic N) is 2. The third kappa shape index (κ3) is 3.50. The first-order valence-corrected chi connectivity index (χ1v) is 10.0. The van der Waals surface area contributed by atoms with Crippen molar-refractivity contribution in [3.8, 4) is 16.3 Å². The van der Waals surface area contributed by atoms with Gasteiger partial charge in [0, 0.05) is 35.2 Å². The minimum atomic E-state index is -0.425. The molecule has 2 aromatic carbocycles. The molecule has 4 nitrogen and oxygen atoms in total. The second-order valence-corrected chi connectivity index (χ2v) is 7.89. The zero-order valence-corrected chi connectivity index (χ0v) is 17.2. The Hall–Kier alpha value is -2.44. The summed E-state index contributed by atoms with van der Waals surface area (Å²) in [6.45, 7) is 3.74. The number of halogens is 2. The number of thiazole rings is 1. The lowest BCUT2D eigenvalue weighted by molar-refractivity contribution is 0.243. The quantitative estimate of drug-likeness (QED) is 0.414. The topological polar surface area (TPSA) is 47.0 Å². The Balaban J connectivity index is 1.85. The number of aromatic nitrogens is 2. The molecule has 1 radical (unpaired) electrons. The summed E-state index contributed by atoms with van der Waals surface area (Å²) >= 11 is 7.80. The Bertz CT molecular complexity index is 1180. The van der Waals surface area contributed by atoms with Gasteiger partial charge in [0.05, 0.1) is 33.7 Å². The lowest BCUT2D eigenvalue weighted by Crippen LogP contribution is -2.11. The SMILES string of the molecule is C[CH][C@H](C)Oc1cc2sc(-c3cc(Cl)cc4cc(NC)cnc34)nc2cc1F. The van der Waals surface area contributed by atoms with Crippen LogP contribution >= 0.6 is 22.9 Å². The molecule has 0 bridgehead atoms. The van der Waals surface area contributed by atoms with E-state index >= 15 is 0 Å². The van der Waals surface area contributed by atoms with Gasteiger partial charge in [-0.2, -0.15) is 0 Å². The number of fused-ring (bicyclic) bond motifs is 2. The highest BCUT2D eigenvalue weighted by Crippen LogP contribution is 2.38. The second-order valence-electron chi connectivity index (χ2n) is 6.42. The zero-order chi connectivity index (χ0) is 19.8. The second kappa shape index (κ2) is 7.53. The summed E-state index contributed by atoms with van der Waals surface area (Å²) < 4.78 is 20.9. The molecule has 1 N–H and O–H groups in total. The molecule has 0 unspecified atom stereocenters. The number of nitrogens with one attached hydrogen (secondary N) is 1. The van der Waals surface area contributed by atoms with Gasteiger partial charge in [0.1, 0.15) is 5.01 Å². The average Bonchev–Trinajstić information content (AvgIpc) is 3.09. The molecule has 143 valence electrons. The van der Waals surface area contributed by atoms with Crippen LogP contribution in [-0.2, 0) is 0 Å². The van der Waals surface area contributed by atoms with Crippen molar-refractivity contribution in [2.75, 3.05) is 12.4 Å². The molecule has 2 aromatic heterocycles. The molecule has 1 atom stereocenters. The molecule has 0 aliphatic heterocycles. The first kappa shape index (κ1) is 18.9. The number of anilines is 1. The van der Waals surface area contributed by atoms with Crippen LogP contribution in [0.4, 0.5) is 10.1 Å². The number of benzene rings is 2. The van der Waals surface area contributed by atoms with E-state index < -0.39 is 5.82 Å². The Kier molecular flexibility index (Phi) is 5.08. The third-order valence-electron chi connectivity index (χ3n) is 4.49. The van der Waals surface area contributed by atoms with Crippen LogP contribution < -0.4 is 10.1 Å². The summed E-state index contributed by atoms with van der Waals surface area (Å²) in [5, 5.41) is 5.32. The average molecular weight is 415 g/mol. The van der Waals surface area contributed by atoms with Crippen LogP contribution in [0.5, 0.6) is 5.75 Å². The molecule has 0 fully saturated rings. The van der Waals surface area contributed by atoms with Gasteiger partial charge < -0.3 is 10.1 Å². The zero-order valence-electron chi connectivity index (χ0n) is 15.6. The fraction of sp³-hybridized carbons (Fsp3) is 0.190. The Morgan fingerprint density at radius 3 is 2.82 bits per heavy atom. The lowest BCUT2D eigenvalue weighted by atomic mass is 10.1. The lowest BCUT2D eigenvalue weighted by Gasteiger charge is -2.12. The van der Waals surface area contributed by atoms with Crippen molar-refractivity contribution < 1.29 is 9.13 Å². The number of hydrogen-bond donors (Lipinski definition) is 1. The largest absolute Gasteiger partial charge is 0.487 e. The van der Waals surface area contributed by atoms with E-state index in [2.05, 4.69) is 15.3 Å². The normalized spacial score (nSPS) is 12.5. The van der Waals surface area contributed by atoms with Crippen molar-refractivity contribution >= 4 is 49.7 Å². The molecule has 0 saturated heterocycles. The smallest absolute Gasteiger partial charge is 0.167 e. The molecule has 4 rings (SSSR count). The molecule has 2 heterocycles. The molecule has 28 heavy (non-hydrogen) atoms. The summed E-state index contributed by atoms with van der Waals surface area (Å²) in [6.07, 6.45) is 3.45. The molecule has 0 spiro atoms. The van der Waals surface area contributed by atoms with Crippen LogP contribution in [0.2, 0.25) is 5.02 Å². The summed E-state index contributed by atoms with van der Waals surface area (Å²) in [5.41, 5.74) is 3.10. The monoisotopic (exact) mass is 414 g/mol. The van der Waals surface area contributed by atoms with E-state index in [1.165, 1.54) is 17.4 Å². The highest BCUT2D eigenvalue weighted by Gasteiger charge is 2.16. The number of hydrogen-bond acceptors (Lipinski definition) is 5. The molecular formula is C21H18ClFN3OS. The van der Waals surface area contributed by atoms with E-state index in [0.717, 1.165) is 31.9 Å². The van der Waals surface area contributed by atoms with Crippen molar-refractivity contribution in [1.82, 2.24) is 9.97 Å². The van der Waals surface area contributed by atoms with Crippen LogP contribution in [-0.4, -0.2) is 23.1 Å². The van der Waals surface area contributed by atoms with E-state index in [4.69, 9.17) is 16.3 Å². The van der Waals surface area contributed by atoms with E-state index in [1.54, 1.807) is 12.3 Å². The van der Waals surface area contributed by atoms with Crippen molar-refractivity contribution in [3.05, 3.63) is 53.8 Å².